The van der Waals surface area contributed by atoms with Crippen molar-refractivity contribution in [3.63, 3.8) is 0 Å². The molecule has 13 heavy (non-hydrogen) atoms. The first-order valence-corrected chi connectivity index (χ1v) is 5.41. The molecular formula is C10H20N2O. The number of rotatable bonds is 2. The van der Waals surface area contributed by atoms with E-state index < -0.39 is 0 Å². The first-order valence-electron chi connectivity index (χ1n) is 5.41. The smallest absolute Gasteiger partial charge is 0.109 e. The molecule has 3 heteroatoms. The third-order valence-corrected chi connectivity index (χ3v) is 3.17. The Morgan fingerprint density at radius 3 is 3.00 bits per heavy atom. The second kappa shape index (κ2) is 4.40. The molecule has 3 nitrogen and oxygen atoms in total. The summed E-state index contributed by atoms with van der Waals surface area (Å²) >= 11 is 0. The predicted molar refractivity (Wildman–Crippen MR) is 52.6 cm³/mol. The van der Waals surface area contributed by atoms with Gasteiger partial charge in [-0.15, -0.1) is 0 Å². The van der Waals surface area contributed by atoms with E-state index >= 15 is 0 Å². The van der Waals surface area contributed by atoms with Crippen LogP contribution in [0.15, 0.2) is 0 Å². The molecule has 2 unspecified atom stereocenters. The lowest BCUT2D eigenvalue weighted by molar-refractivity contribution is -0.0149. The molecule has 1 N–H and O–H groups in total. The number of hydrogen-bond donors (Lipinski definition) is 1. The molecule has 0 aromatic carbocycles. The molecule has 2 heterocycles. The van der Waals surface area contributed by atoms with Crippen LogP contribution in [0.1, 0.15) is 25.7 Å². The van der Waals surface area contributed by atoms with Gasteiger partial charge in [-0.3, -0.25) is 5.32 Å². The Morgan fingerprint density at radius 1 is 1.46 bits per heavy atom. The molecule has 0 spiro atoms. The van der Waals surface area contributed by atoms with E-state index in [1.54, 1.807) is 0 Å². The fraction of sp³-hybridized carbons (Fsp3) is 1.00. The van der Waals surface area contributed by atoms with Crippen molar-refractivity contribution < 1.29 is 4.74 Å². The molecule has 2 atom stereocenters. The van der Waals surface area contributed by atoms with Crippen molar-refractivity contribution in [2.75, 3.05) is 26.7 Å². The number of nitrogens with one attached hydrogen (secondary N) is 1. The fourth-order valence-electron chi connectivity index (χ4n) is 2.30. The number of likely N-dealkylation sites (tertiary alicyclic amines) is 1. The zero-order valence-corrected chi connectivity index (χ0v) is 8.46. The summed E-state index contributed by atoms with van der Waals surface area (Å²) < 4.78 is 5.65. The van der Waals surface area contributed by atoms with Crippen LogP contribution in [-0.4, -0.2) is 43.9 Å². The first-order chi connectivity index (χ1) is 6.36. The quantitative estimate of drug-likeness (QED) is 0.687. The summed E-state index contributed by atoms with van der Waals surface area (Å²) in [5, 5.41) is 3.42. The molecule has 76 valence electrons. The van der Waals surface area contributed by atoms with Gasteiger partial charge in [0, 0.05) is 19.1 Å². The topological polar surface area (TPSA) is 24.5 Å². The Balaban J connectivity index is 1.75. The zero-order chi connectivity index (χ0) is 9.10. The van der Waals surface area contributed by atoms with Crippen LogP contribution in [-0.2, 0) is 4.74 Å². The molecule has 2 aliphatic heterocycles. The maximum atomic E-state index is 5.65. The molecule has 0 aromatic rings. The summed E-state index contributed by atoms with van der Waals surface area (Å²) in [6.07, 6.45) is 5.35. The molecule has 2 saturated heterocycles. The number of hydrogen-bond acceptors (Lipinski definition) is 3. The summed E-state index contributed by atoms with van der Waals surface area (Å²) in [7, 11) is 2.22. The van der Waals surface area contributed by atoms with Gasteiger partial charge in [0.1, 0.15) is 6.23 Å². The molecule has 2 aliphatic rings. The van der Waals surface area contributed by atoms with Gasteiger partial charge in [-0.2, -0.15) is 0 Å². The van der Waals surface area contributed by atoms with Crippen molar-refractivity contribution >= 4 is 0 Å². The fourth-order valence-corrected chi connectivity index (χ4v) is 2.30. The van der Waals surface area contributed by atoms with Crippen molar-refractivity contribution in [3.05, 3.63) is 0 Å². The lowest BCUT2D eigenvalue weighted by Crippen LogP contribution is -2.42. The van der Waals surface area contributed by atoms with Crippen LogP contribution in [0.5, 0.6) is 0 Å². The molecule has 0 aliphatic carbocycles. The van der Waals surface area contributed by atoms with Crippen molar-refractivity contribution in [1.82, 2.24) is 10.2 Å². The first kappa shape index (κ1) is 9.44. The van der Waals surface area contributed by atoms with Gasteiger partial charge < -0.3 is 9.64 Å². The van der Waals surface area contributed by atoms with Crippen LogP contribution >= 0.6 is 0 Å². The lowest BCUT2D eigenvalue weighted by Gasteiger charge is -2.29. The van der Waals surface area contributed by atoms with Gasteiger partial charge in [0.2, 0.25) is 0 Å². The van der Waals surface area contributed by atoms with E-state index in [4.69, 9.17) is 4.74 Å². The predicted octanol–water partition coefficient (Wildman–Crippen LogP) is 0.807. The maximum absolute atomic E-state index is 5.65. The van der Waals surface area contributed by atoms with E-state index in [2.05, 4.69) is 17.3 Å². The van der Waals surface area contributed by atoms with Crippen molar-refractivity contribution in [1.29, 1.82) is 0 Å². The number of nitrogens with zero attached hydrogens (tertiary/aromatic N) is 1. The van der Waals surface area contributed by atoms with Gasteiger partial charge in [-0.25, -0.2) is 0 Å². The van der Waals surface area contributed by atoms with Crippen LogP contribution < -0.4 is 5.32 Å². The minimum absolute atomic E-state index is 0.319. The lowest BCUT2D eigenvalue weighted by atomic mass is 10.1. The van der Waals surface area contributed by atoms with E-state index in [-0.39, 0.29) is 0 Å². The van der Waals surface area contributed by atoms with Gasteiger partial charge in [0.25, 0.3) is 0 Å². The highest BCUT2D eigenvalue weighted by Gasteiger charge is 2.25. The van der Waals surface area contributed by atoms with Crippen LogP contribution in [0.25, 0.3) is 0 Å². The van der Waals surface area contributed by atoms with E-state index in [9.17, 15) is 0 Å². The third-order valence-electron chi connectivity index (χ3n) is 3.17. The molecule has 0 saturated carbocycles. The average Bonchev–Trinajstić information content (AvgIpc) is 2.54. The van der Waals surface area contributed by atoms with Gasteiger partial charge in [-0.05, 0) is 39.4 Å². The highest BCUT2D eigenvalue weighted by atomic mass is 16.5. The van der Waals surface area contributed by atoms with Crippen molar-refractivity contribution in [2.24, 2.45) is 0 Å². The monoisotopic (exact) mass is 184 g/mol. The molecule has 2 fully saturated rings. The molecular weight excluding hydrogens is 164 g/mol. The Hall–Kier alpha value is -0.120. The van der Waals surface area contributed by atoms with Gasteiger partial charge in [-0.1, -0.05) is 0 Å². The third kappa shape index (κ3) is 2.42. The Kier molecular flexibility index (Phi) is 3.19. The highest BCUT2D eigenvalue weighted by Crippen LogP contribution is 2.20. The van der Waals surface area contributed by atoms with E-state index in [1.165, 1.54) is 19.4 Å². The van der Waals surface area contributed by atoms with Gasteiger partial charge in [0.05, 0.1) is 0 Å². The molecule has 0 amide bonds. The summed E-state index contributed by atoms with van der Waals surface area (Å²) in [4.78, 5) is 2.46. The van der Waals surface area contributed by atoms with Gasteiger partial charge in [0.15, 0.2) is 0 Å². The number of ether oxygens (including phenoxy) is 1. The molecule has 0 bridgehead atoms. The standard InChI is InChI=1S/C10H20N2O/c1-12-6-2-4-9(12)8-10-11-5-3-7-13-10/h9-11H,2-8H2,1H3. The second-order valence-corrected chi connectivity index (χ2v) is 4.18. The summed E-state index contributed by atoms with van der Waals surface area (Å²) in [5.41, 5.74) is 0. The van der Waals surface area contributed by atoms with Crippen LogP contribution in [0.4, 0.5) is 0 Å². The Bertz CT molecular complexity index is 157. The highest BCUT2D eigenvalue weighted by molar-refractivity contribution is 4.79. The van der Waals surface area contributed by atoms with E-state index in [0.717, 1.165) is 32.0 Å². The largest absolute Gasteiger partial charge is 0.363 e. The average molecular weight is 184 g/mol. The maximum Gasteiger partial charge on any atom is 0.109 e. The minimum atomic E-state index is 0.319. The molecule has 0 aromatic heterocycles. The van der Waals surface area contributed by atoms with E-state index in [0.29, 0.717) is 6.23 Å². The van der Waals surface area contributed by atoms with Crippen LogP contribution in [0.2, 0.25) is 0 Å². The minimum Gasteiger partial charge on any atom is -0.363 e. The van der Waals surface area contributed by atoms with Crippen LogP contribution in [0, 0.1) is 0 Å². The Labute approximate surface area is 80.4 Å². The Morgan fingerprint density at radius 2 is 2.38 bits per heavy atom. The van der Waals surface area contributed by atoms with E-state index in [1.807, 2.05) is 0 Å². The van der Waals surface area contributed by atoms with Crippen LogP contribution in [0.3, 0.4) is 0 Å². The summed E-state index contributed by atoms with van der Waals surface area (Å²) in [6.45, 7) is 3.33. The molecule has 2 rings (SSSR count). The molecule has 0 radical (unpaired) electrons. The zero-order valence-electron chi connectivity index (χ0n) is 8.46. The summed E-state index contributed by atoms with van der Waals surface area (Å²) in [6, 6.07) is 0.746. The van der Waals surface area contributed by atoms with Gasteiger partial charge >= 0.3 is 0 Å². The SMILES string of the molecule is CN1CCCC1CC1NCCCO1. The second-order valence-electron chi connectivity index (χ2n) is 4.18. The van der Waals surface area contributed by atoms with Crippen molar-refractivity contribution in [3.8, 4) is 0 Å². The normalized spacial score (nSPS) is 36.7. The van der Waals surface area contributed by atoms with Crippen molar-refractivity contribution in [2.45, 2.75) is 38.0 Å². The summed E-state index contributed by atoms with van der Waals surface area (Å²) in [5.74, 6) is 0.